The Hall–Kier alpha value is -2.04. The highest BCUT2D eigenvalue weighted by molar-refractivity contribution is 5.99. The summed E-state index contributed by atoms with van der Waals surface area (Å²) in [5.74, 6) is -1.13. The van der Waals surface area contributed by atoms with Crippen LogP contribution in [0.25, 0.3) is 0 Å². The normalized spacial score (nSPS) is 20.8. The highest BCUT2D eigenvalue weighted by atomic mass is 16.1. The highest BCUT2D eigenvalue weighted by Gasteiger charge is 2.32. The first-order valence-electron chi connectivity index (χ1n) is 7.31. The molecule has 1 aromatic carbocycles. The van der Waals surface area contributed by atoms with E-state index < -0.39 is 11.8 Å². The second-order valence-corrected chi connectivity index (χ2v) is 6.46. The zero-order chi connectivity index (χ0) is 15.6. The molecule has 2 amide bonds. The third-order valence-corrected chi connectivity index (χ3v) is 4.35. The summed E-state index contributed by atoms with van der Waals surface area (Å²) in [6, 6.07) is 5.09. The summed E-state index contributed by atoms with van der Waals surface area (Å²) < 4.78 is 0. The maximum Gasteiger partial charge on any atom is 0.248 e. The van der Waals surface area contributed by atoms with Crippen molar-refractivity contribution in [2.24, 2.45) is 16.9 Å². The zero-order valence-electron chi connectivity index (χ0n) is 12.6. The number of amides is 2. The highest BCUT2D eigenvalue weighted by Crippen LogP contribution is 2.37. The molecule has 5 N–H and O–H groups in total. The molecule has 1 fully saturated rings. The molecule has 1 unspecified atom stereocenters. The molecule has 1 aromatic rings. The largest absolute Gasteiger partial charge is 0.382 e. The van der Waals surface area contributed by atoms with Gasteiger partial charge in [-0.15, -0.1) is 0 Å². The number of hydrogen-bond donors (Lipinski definition) is 3. The number of primary amides is 2. The number of nitrogens with one attached hydrogen (secondary N) is 1. The predicted octanol–water partition coefficient (Wildman–Crippen LogP) is 2.27. The number of rotatable bonds is 4. The third kappa shape index (κ3) is 3.54. The predicted molar refractivity (Wildman–Crippen MR) is 83.1 cm³/mol. The van der Waals surface area contributed by atoms with Gasteiger partial charge in [0.15, 0.2) is 0 Å². The van der Waals surface area contributed by atoms with Crippen molar-refractivity contribution in [3.63, 3.8) is 0 Å². The fourth-order valence-corrected chi connectivity index (χ4v) is 2.96. The molecule has 5 heteroatoms. The van der Waals surface area contributed by atoms with Gasteiger partial charge in [-0.3, -0.25) is 9.59 Å². The minimum absolute atomic E-state index is 0.174. The molecule has 0 spiro atoms. The van der Waals surface area contributed by atoms with E-state index in [1.807, 2.05) is 0 Å². The average molecular weight is 289 g/mol. The van der Waals surface area contributed by atoms with Crippen LogP contribution in [-0.2, 0) is 0 Å². The van der Waals surface area contributed by atoms with Crippen molar-refractivity contribution in [1.29, 1.82) is 0 Å². The molecule has 0 saturated heterocycles. The number of benzene rings is 1. The van der Waals surface area contributed by atoms with Gasteiger partial charge in [0.25, 0.3) is 0 Å². The Bertz CT molecular complexity index is 534. The van der Waals surface area contributed by atoms with Gasteiger partial charge in [0.1, 0.15) is 0 Å². The van der Waals surface area contributed by atoms with E-state index in [4.69, 9.17) is 11.5 Å². The number of carbonyl (C=O) groups excluding carboxylic acids is 2. The topological polar surface area (TPSA) is 98.2 Å². The van der Waals surface area contributed by atoms with Crippen LogP contribution in [-0.4, -0.2) is 17.9 Å². The van der Waals surface area contributed by atoms with Crippen LogP contribution >= 0.6 is 0 Å². The molecule has 1 aliphatic rings. The second-order valence-electron chi connectivity index (χ2n) is 6.46. The van der Waals surface area contributed by atoms with Crippen LogP contribution in [0.2, 0.25) is 0 Å². The van der Waals surface area contributed by atoms with Crippen molar-refractivity contribution < 1.29 is 9.59 Å². The summed E-state index contributed by atoms with van der Waals surface area (Å²) >= 11 is 0. The maximum atomic E-state index is 11.4. The van der Waals surface area contributed by atoms with E-state index in [-0.39, 0.29) is 5.41 Å². The Morgan fingerprint density at radius 2 is 1.67 bits per heavy atom. The molecule has 0 aliphatic heterocycles. The minimum atomic E-state index is -0.566. The van der Waals surface area contributed by atoms with Crippen molar-refractivity contribution in [2.75, 3.05) is 5.32 Å². The smallest absolute Gasteiger partial charge is 0.248 e. The molecule has 114 valence electrons. The van der Waals surface area contributed by atoms with E-state index in [1.54, 1.807) is 12.1 Å². The molecule has 0 bridgehead atoms. The van der Waals surface area contributed by atoms with Gasteiger partial charge in [0, 0.05) is 22.9 Å². The first kappa shape index (κ1) is 15.4. The fourth-order valence-electron chi connectivity index (χ4n) is 2.96. The van der Waals surface area contributed by atoms with Crippen LogP contribution in [0.4, 0.5) is 5.69 Å². The van der Waals surface area contributed by atoms with Crippen LogP contribution in [0.3, 0.4) is 0 Å². The molecule has 1 aliphatic carbocycles. The Morgan fingerprint density at radius 3 is 2.14 bits per heavy atom. The third-order valence-electron chi connectivity index (χ3n) is 4.35. The number of carbonyl (C=O) groups is 2. The standard InChI is InChI=1S/C16H23N3O2/c1-16(2)6-4-3-5-13(16)19-12-8-10(14(17)20)7-11(9-12)15(18)21/h7-9,13,19H,3-6H2,1-2H3,(H2,17,20)(H2,18,21). The van der Waals surface area contributed by atoms with Crippen LogP contribution in [0.15, 0.2) is 18.2 Å². The van der Waals surface area contributed by atoms with Crippen molar-refractivity contribution in [2.45, 2.75) is 45.6 Å². The fraction of sp³-hybridized carbons (Fsp3) is 0.500. The molecule has 21 heavy (non-hydrogen) atoms. The molecule has 5 nitrogen and oxygen atoms in total. The quantitative estimate of drug-likeness (QED) is 0.793. The SMILES string of the molecule is CC1(C)CCCCC1Nc1cc(C(N)=O)cc(C(N)=O)c1. The van der Waals surface area contributed by atoms with Gasteiger partial charge in [-0.05, 0) is 36.5 Å². The Balaban J connectivity index is 2.30. The molecule has 1 atom stereocenters. The van der Waals surface area contributed by atoms with E-state index in [1.165, 1.54) is 18.9 Å². The first-order valence-corrected chi connectivity index (χ1v) is 7.31. The Labute approximate surface area is 125 Å². The molecular formula is C16H23N3O2. The summed E-state index contributed by atoms with van der Waals surface area (Å²) in [7, 11) is 0. The molecule has 1 saturated carbocycles. The Morgan fingerprint density at radius 1 is 1.10 bits per heavy atom. The molecule has 2 rings (SSSR count). The van der Waals surface area contributed by atoms with Crippen molar-refractivity contribution in [3.8, 4) is 0 Å². The van der Waals surface area contributed by atoms with Gasteiger partial charge in [0.05, 0.1) is 0 Å². The number of anilines is 1. The molecule has 0 radical (unpaired) electrons. The second kappa shape index (κ2) is 5.76. The van der Waals surface area contributed by atoms with E-state index >= 15 is 0 Å². The van der Waals surface area contributed by atoms with Gasteiger partial charge >= 0.3 is 0 Å². The summed E-state index contributed by atoms with van der Waals surface area (Å²) in [5, 5.41) is 3.45. The summed E-state index contributed by atoms with van der Waals surface area (Å²) in [6.45, 7) is 4.47. The van der Waals surface area contributed by atoms with Gasteiger partial charge in [0.2, 0.25) is 11.8 Å². The molecule has 0 heterocycles. The minimum Gasteiger partial charge on any atom is -0.382 e. The monoisotopic (exact) mass is 289 g/mol. The lowest BCUT2D eigenvalue weighted by molar-refractivity contribution is 0.0999. The summed E-state index contributed by atoms with van der Waals surface area (Å²) in [6.07, 6.45) is 4.64. The number of hydrogen-bond acceptors (Lipinski definition) is 3. The maximum absolute atomic E-state index is 11.4. The van der Waals surface area contributed by atoms with Crippen molar-refractivity contribution in [3.05, 3.63) is 29.3 Å². The van der Waals surface area contributed by atoms with Gasteiger partial charge in [-0.25, -0.2) is 0 Å². The van der Waals surface area contributed by atoms with Crippen molar-refractivity contribution >= 4 is 17.5 Å². The van der Waals surface area contributed by atoms with Crippen molar-refractivity contribution in [1.82, 2.24) is 0 Å². The van der Waals surface area contributed by atoms with Crippen LogP contribution < -0.4 is 16.8 Å². The van der Waals surface area contributed by atoms with E-state index in [0.29, 0.717) is 17.2 Å². The lowest BCUT2D eigenvalue weighted by Gasteiger charge is -2.39. The van der Waals surface area contributed by atoms with Crippen LogP contribution in [0.5, 0.6) is 0 Å². The average Bonchev–Trinajstić information content (AvgIpc) is 2.40. The van der Waals surface area contributed by atoms with Gasteiger partial charge in [-0.2, -0.15) is 0 Å². The van der Waals surface area contributed by atoms with Crippen LogP contribution in [0, 0.1) is 5.41 Å². The summed E-state index contributed by atoms with van der Waals surface area (Å²) in [5.41, 5.74) is 12.1. The molecule has 0 aromatic heterocycles. The first-order chi connectivity index (χ1) is 9.79. The van der Waals surface area contributed by atoms with E-state index in [0.717, 1.165) is 18.5 Å². The van der Waals surface area contributed by atoms with E-state index in [9.17, 15) is 9.59 Å². The number of nitrogens with two attached hydrogens (primary N) is 2. The zero-order valence-corrected chi connectivity index (χ0v) is 12.6. The van der Waals surface area contributed by atoms with Gasteiger partial charge < -0.3 is 16.8 Å². The van der Waals surface area contributed by atoms with E-state index in [2.05, 4.69) is 19.2 Å². The molecular weight excluding hydrogens is 266 g/mol. The Kier molecular flexibility index (Phi) is 4.21. The lowest BCUT2D eigenvalue weighted by Crippen LogP contribution is -2.39. The van der Waals surface area contributed by atoms with Gasteiger partial charge in [-0.1, -0.05) is 26.7 Å². The summed E-state index contributed by atoms with van der Waals surface area (Å²) in [4.78, 5) is 22.8. The lowest BCUT2D eigenvalue weighted by atomic mass is 9.73. The van der Waals surface area contributed by atoms with Crippen LogP contribution in [0.1, 0.15) is 60.2 Å².